The lowest BCUT2D eigenvalue weighted by molar-refractivity contribution is 0.445. The van der Waals surface area contributed by atoms with Crippen molar-refractivity contribution in [2.75, 3.05) is 13.1 Å². The first-order chi connectivity index (χ1) is 7.95. The van der Waals surface area contributed by atoms with Crippen LogP contribution >= 0.6 is 12.2 Å². The maximum Gasteiger partial charge on any atom is 0.243 e. The van der Waals surface area contributed by atoms with Crippen molar-refractivity contribution < 1.29 is 8.42 Å². The van der Waals surface area contributed by atoms with Gasteiger partial charge in [-0.15, -0.1) is 0 Å². The minimum absolute atomic E-state index is 0.0938. The number of sulfonamides is 1. The second-order valence-corrected chi connectivity index (χ2v) is 5.80. The molecule has 0 saturated carbocycles. The Morgan fingerprint density at radius 3 is 2.29 bits per heavy atom. The van der Waals surface area contributed by atoms with E-state index in [1.54, 1.807) is 32.0 Å². The lowest BCUT2D eigenvalue weighted by Crippen LogP contribution is -2.32. The highest BCUT2D eigenvalue weighted by molar-refractivity contribution is 7.89. The van der Waals surface area contributed by atoms with Crippen molar-refractivity contribution in [3.63, 3.8) is 0 Å². The zero-order valence-corrected chi connectivity index (χ0v) is 11.5. The minimum atomic E-state index is -3.51. The van der Waals surface area contributed by atoms with Crippen LogP contribution in [0.5, 0.6) is 0 Å². The Morgan fingerprint density at radius 2 is 1.82 bits per heavy atom. The molecule has 1 rings (SSSR count). The lowest BCUT2D eigenvalue weighted by Gasteiger charge is -2.20. The van der Waals surface area contributed by atoms with E-state index in [9.17, 15) is 8.42 Å². The molecule has 0 radical (unpaired) electrons. The number of rotatable bonds is 5. The third kappa shape index (κ3) is 2.83. The molecule has 0 aliphatic rings. The zero-order chi connectivity index (χ0) is 13.1. The molecule has 0 aliphatic carbocycles. The van der Waals surface area contributed by atoms with Crippen molar-refractivity contribution in [1.82, 2.24) is 4.31 Å². The van der Waals surface area contributed by atoms with Crippen molar-refractivity contribution in [3.05, 3.63) is 29.8 Å². The summed E-state index contributed by atoms with van der Waals surface area (Å²) in [5, 5.41) is 0. The molecule has 0 aliphatic heterocycles. The molecule has 2 N–H and O–H groups in total. The molecule has 17 heavy (non-hydrogen) atoms. The van der Waals surface area contributed by atoms with E-state index in [1.165, 1.54) is 10.4 Å². The minimum Gasteiger partial charge on any atom is -0.389 e. The Labute approximate surface area is 107 Å². The first-order valence-electron chi connectivity index (χ1n) is 5.34. The van der Waals surface area contributed by atoms with Crippen LogP contribution in [0.15, 0.2) is 29.2 Å². The van der Waals surface area contributed by atoms with Gasteiger partial charge in [0.2, 0.25) is 10.0 Å². The van der Waals surface area contributed by atoms with E-state index >= 15 is 0 Å². The van der Waals surface area contributed by atoms with Gasteiger partial charge in [0.05, 0.1) is 4.90 Å². The molecule has 0 saturated heterocycles. The van der Waals surface area contributed by atoms with E-state index < -0.39 is 10.0 Å². The molecule has 0 fully saturated rings. The van der Waals surface area contributed by atoms with E-state index in [2.05, 4.69) is 0 Å². The maximum atomic E-state index is 12.3. The molecule has 1 aromatic rings. The summed E-state index contributed by atoms with van der Waals surface area (Å²) in [6, 6.07) is 6.54. The molecule has 0 heterocycles. The summed E-state index contributed by atoms with van der Waals surface area (Å²) in [4.78, 5) is 0.271. The van der Waals surface area contributed by atoms with E-state index in [4.69, 9.17) is 18.0 Å². The second kappa shape index (κ2) is 5.57. The lowest BCUT2D eigenvalue weighted by atomic mass is 10.2. The van der Waals surface area contributed by atoms with Gasteiger partial charge in [0, 0.05) is 18.7 Å². The molecule has 1 aromatic carbocycles. The smallest absolute Gasteiger partial charge is 0.243 e. The summed E-state index contributed by atoms with van der Waals surface area (Å²) in [5.74, 6) is 0. The van der Waals surface area contributed by atoms with Crippen LogP contribution in [0.1, 0.15) is 19.4 Å². The fourth-order valence-electron chi connectivity index (χ4n) is 1.60. The van der Waals surface area contributed by atoms with Gasteiger partial charge in [0.1, 0.15) is 4.99 Å². The van der Waals surface area contributed by atoms with Crippen LogP contribution in [0.3, 0.4) is 0 Å². The largest absolute Gasteiger partial charge is 0.389 e. The predicted molar refractivity (Wildman–Crippen MR) is 72.4 cm³/mol. The van der Waals surface area contributed by atoms with E-state index in [0.29, 0.717) is 18.7 Å². The van der Waals surface area contributed by atoms with Crippen LogP contribution in [0, 0.1) is 0 Å². The Morgan fingerprint density at radius 1 is 1.29 bits per heavy atom. The van der Waals surface area contributed by atoms with Gasteiger partial charge in [0.25, 0.3) is 0 Å². The summed E-state index contributed by atoms with van der Waals surface area (Å²) in [6.45, 7) is 4.43. The summed E-state index contributed by atoms with van der Waals surface area (Å²) in [6.07, 6.45) is 0. The topological polar surface area (TPSA) is 63.4 Å². The normalized spacial score (nSPS) is 11.7. The zero-order valence-electron chi connectivity index (χ0n) is 9.88. The first kappa shape index (κ1) is 14.1. The molecule has 0 spiro atoms. The summed E-state index contributed by atoms with van der Waals surface area (Å²) >= 11 is 4.87. The van der Waals surface area contributed by atoms with Crippen molar-refractivity contribution in [1.29, 1.82) is 0 Å². The van der Waals surface area contributed by atoms with Crippen LogP contribution in [0.25, 0.3) is 0 Å². The van der Waals surface area contributed by atoms with Crippen LogP contribution < -0.4 is 5.73 Å². The number of nitrogens with two attached hydrogens (primary N) is 1. The third-order valence-corrected chi connectivity index (χ3v) is 4.80. The number of nitrogens with zero attached hydrogens (tertiary/aromatic N) is 1. The third-order valence-electron chi connectivity index (χ3n) is 2.48. The van der Waals surface area contributed by atoms with Gasteiger partial charge in [-0.05, 0) is 6.07 Å². The molecule has 94 valence electrons. The van der Waals surface area contributed by atoms with Gasteiger partial charge in [-0.25, -0.2) is 8.42 Å². The highest BCUT2D eigenvalue weighted by Gasteiger charge is 2.24. The van der Waals surface area contributed by atoms with Gasteiger partial charge in [-0.1, -0.05) is 44.3 Å². The quantitative estimate of drug-likeness (QED) is 0.822. The van der Waals surface area contributed by atoms with Gasteiger partial charge < -0.3 is 5.73 Å². The average molecular weight is 272 g/mol. The van der Waals surface area contributed by atoms with Gasteiger partial charge in [0.15, 0.2) is 0 Å². The Balaban J connectivity index is 3.38. The molecular weight excluding hydrogens is 256 g/mol. The van der Waals surface area contributed by atoms with E-state index in [1.807, 2.05) is 0 Å². The van der Waals surface area contributed by atoms with Crippen LogP contribution in [-0.4, -0.2) is 30.8 Å². The SMILES string of the molecule is CCN(CC)S(=O)(=O)c1ccccc1C(N)=S. The Hall–Kier alpha value is -0.980. The standard InChI is InChI=1S/C11H16N2O2S2/c1-3-13(4-2)17(14,15)10-8-6-5-7-9(10)11(12)16/h5-8H,3-4H2,1-2H3,(H2,12,16). The molecule has 6 heteroatoms. The molecule has 0 atom stereocenters. The van der Waals surface area contributed by atoms with Crippen molar-refractivity contribution in [2.45, 2.75) is 18.7 Å². The monoisotopic (exact) mass is 272 g/mol. The van der Waals surface area contributed by atoms with E-state index in [0.717, 1.165) is 0 Å². The van der Waals surface area contributed by atoms with Gasteiger partial charge >= 0.3 is 0 Å². The summed E-state index contributed by atoms with van der Waals surface area (Å²) in [5.41, 5.74) is 5.94. The highest BCUT2D eigenvalue weighted by atomic mass is 32.2. The summed E-state index contributed by atoms with van der Waals surface area (Å²) in [7, 11) is -3.51. The van der Waals surface area contributed by atoms with Crippen molar-refractivity contribution >= 4 is 27.2 Å². The maximum absolute atomic E-state index is 12.3. The predicted octanol–water partition coefficient (Wildman–Crippen LogP) is 1.35. The highest BCUT2D eigenvalue weighted by Crippen LogP contribution is 2.19. The van der Waals surface area contributed by atoms with Crippen LogP contribution in [0.4, 0.5) is 0 Å². The molecule has 4 nitrogen and oxygen atoms in total. The Kier molecular flexibility index (Phi) is 4.62. The van der Waals surface area contributed by atoms with Crippen LogP contribution in [0.2, 0.25) is 0 Å². The van der Waals surface area contributed by atoms with Crippen molar-refractivity contribution in [3.8, 4) is 0 Å². The fourth-order valence-corrected chi connectivity index (χ4v) is 3.50. The van der Waals surface area contributed by atoms with Gasteiger partial charge in [-0.2, -0.15) is 4.31 Å². The Bertz CT molecular complexity index is 508. The van der Waals surface area contributed by atoms with Crippen molar-refractivity contribution in [2.24, 2.45) is 5.73 Å². The average Bonchev–Trinajstić information content (AvgIpc) is 2.30. The fraction of sp³-hybridized carbons (Fsp3) is 0.364. The summed E-state index contributed by atoms with van der Waals surface area (Å²) < 4.78 is 26.0. The molecule has 0 aromatic heterocycles. The molecule has 0 unspecified atom stereocenters. The molecular formula is C11H16N2O2S2. The number of benzene rings is 1. The van der Waals surface area contributed by atoms with E-state index in [-0.39, 0.29) is 9.88 Å². The van der Waals surface area contributed by atoms with Gasteiger partial charge in [-0.3, -0.25) is 0 Å². The number of hydrogen-bond acceptors (Lipinski definition) is 3. The first-order valence-corrected chi connectivity index (χ1v) is 7.19. The molecule has 0 amide bonds. The van der Waals surface area contributed by atoms with Crippen LogP contribution in [-0.2, 0) is 10.0 Å². The number of hydrogen-bond donors (Lipinski definition) is 1. The second-order valence-electron chi connectivity index (χ2n) is 3.45. The number of thiocarbonyl (C=S) groups is 1. The molecule has 0 bridgehead atoms.